The second-order valence-corrected chi connectivity index (χ2v) is 3.36. The van der Waals surface area contributed by atoms with Gasteiger partial charge in [0.2, 0.25) is 0 Å². The van der Waals surface area contributed by atoms with Crippen molar-refractivity contribution in [2.45, 2.75) is 0 Å². The van der Waals surface area contributed by atoms with Crippen molar-refractivity contribution < 1.29 is 31.0 Å². The molecule has 0 aliphatic heterocycles. The van der Waals surface area contributed by atoms with Crippen LogP contribution in [0.25, 0.3) is 0 Å². The molecular weight excluding hydrogens is 412 g/mol. The van der Waals surface area contributed by atoms with Crippen molar-refractivity contribution in [3.05, 3.63) is 0 Å². The van der Waals surface area contributed by atoms with Crippen LogP contribution < -0.4 is 0 Å². The summed E-state index contributed by atoms with van der Waals surface area (Å²) >= 11 is 13.8. The maximum Gasteiger partial charge on any atom is 0.0213 e. The average Bonchev–Trinajstić information content (AvgIpc) is 2.06. The molecule has 0 rings (SSSR count). The van der Waals surface area contributed by atoms with E-state index in [0.717, 1.165) is 24.6 Å². The number of aliphatic hydroxyl groups excluding tert-OH is 1. The van der Waals surface area contributed by atoms with Gasteiger partial charge in [0.15, 0.2) is 0 Å². The molecule has 0 atom stereocenters. The van der Waals surface area contributed by atoms with Gasteiger partial charge < -0.3 is 53.4 Å². The Balaban J connectivity index is -0.0000000733. The van der Waals surface area contributed by atoms with Crippen LogP contribution in [0.2, 0.25) is 0 Å². The minimum absolute atomic E-state index is 0. The number of rotatable bonds is 5. The molecule has 0 aromatic rings. The summed E-state index contributed by atoms with van der Waals surface area (Å²) in [6.45, 7) is 2.12. The smallest absolute Gasteiger partial charge is 0.0213 e. The second-order valence-electron chi connectivity index (χ2n) is 2.14. The van der Waals surface area contributed by atoms with Crippen LogP contribution in [0, 0.1) is 0 Å². The van der Waals surface area contributed by atoms with E-state index < -0.39 is 0 Å². The molecule has 0 amide bonds. The first-order valence-electron chi connectivity index (χ1n) is 3.76. The summed E-state index contributed by atoms with van der Waals surface area (Å²) in [7, 11) is 2.04. The minimum atomic E-state index is 0. The Labute approximate surface area is 117 Å². The molecule has 0 spiro atoms. The molecule has 0 heterocycles. The van der Waals surface area contributed by atoms with E-state index in [9.17, 15) is 0 Å². The molecule has 14 heavy (non-hydrogen) atoms. The third-order valence-electron chi connectivity index (χ3n) is 1.04. The number of aliphatic hydroxyl groups is 1. The second kappa shape index (κ2) is 24.0. The maximum absolute atomic E-state index is 7.77. The van der Waals surface area contributed by atoms with Crippen molar-refractivity contribution in [1.29, 1.82) is 0 Å². The van der Waals surface area contributed by atoms with Crippen LogP contribution in [0.5, 0.6) is 0 Å². The number of nitrogens with zero attached hydrogens (tertiary/aromatic N) is 1. The van der Waals surface area contributed by atoms with E-state index in [4.69, 9.17) is 30.4 Å². The molecule has 0 unspecified atom stereocenters. The Morgan fingerprint density at radius 2 is 1.29 bits per heavy atom. The first kappa shape index (κ1) is 24.7. The van der Waals surface area contributed by atoms with Crippen LogP contribution >= 0.6 is 0 Å². The van der Waals surface area contributed by atoms with E-state index in [1.54, 1.807) is 0 Å². The van der Waals surface area contributed by atoms with E-state index in [1.165, 1.54) is 0 Å². The Kier molecular flexibility index (Phi) is 42.4. The molecule has 3 nitrogen and oxygen atoms in total. The van der Waals surface area contributed by atoms with E-state index >= 15 is 0 Å². The summed E-state index contributed by atoms with van der Waals surface area (Å²) in [6, 6.07) is 0. The zero-order valence-electron chi connectivity index (χ0n) is 8.15. The fourth-order valence-corrected chi connectivity index (χ4v) is 1.05. The van der Waals surface area contributed by atoms with Crippen molar-refractivity contribution >= 4 is 37.9 Å². The first-order valence-corrected chi connectivity index (χ1v) is 5.49. The van der Waals surface area contributed by atoms with Gasteiger partial charge >= 0.3 is 0 Å². The van der Waals surface area contributed by atoms with Crippen LogP contribution in [0.1, 0.15) is 0 Å². The molecular formula is C7H16NO2ReS3-5. The normalized spacial score (nSPS) is 8.14. The Bertz CT molecular complexity index is 76.0. The van der Waals surface area contributed by atoms with Gasteiger partial charge in [-0.2, -0.15) is 17.3 Å². The minimum Gasteiger partial charge on any atom is -2.00 e. The topological polar surface area (TPSA) is 52.0 Å². The van der Waals surface area contributed by atoms with E-state index in [-0.39, 0.29) is 32.5 Å². The van der Waals surface area contributed by atoms with Gasteiger partial charge in [0.1, 0.15) is 0 Å². The van der Waals surface area contributed by atoms with Crippen LogP contribution in [-0.4, -0.2) is 54.0 Å². The zero-order chi connectivity index (χ0) is 9.82. The Morgan fingerprint density at radius 1 is 1.00 bits per heavy atom. The third-order valence-corrected chi connectivity index (χ3v) is 1.59. The molecule has 0 aliphatic carbocycles. The number of hydrogen-bond acceptors (Lipinski definition) is 5. The van der Waals surface area contributed by atoms with Crippen molar-refractivity contribution in [3.63, 3.8) is 0 Å². The molecule has 0 saturated carbocycles. The SMILES string of the molecule is CN(CC[S-])CC[S-].OCC[S-].[O-2].[Re]. The van der Waals surface area contributed by atoms with Crippen LogP contribution in [0.15, 0.2) is 0 Å². The van der Waals surface area contributed by atoms with Gasteiger partial charge in [-0.25, -0.2) is 0 Å². The van der Waals surface area contributed by atoms with Crippen LogP contribution in [0.4, 0.5) is 0 Å². The Morgan fingerprint density at radius 3 is 1.43 bits per heavy atom. The van der Waals surface area contributed by atoms with E-state index in [1.807, 2.05) is 7.05 Å². The zero-order valence-corrected chi connectivity index (χ0v) is 13.3. The third kappa shape index (κ3) is 29.2. The summed E-state index contributed by atoms with van der Waals surface area (Å²) in [4.78, 5) is 2.15. The number of hydrogen-bond donors (Lipinski definition) is 1. The molecule has 0 bridgehead atoms. The fraction of sp³-hybridized carbons (Fsp3) is 1.00. The predicted octanol–water partition coefficient (Wildman–Crippen LogP) is -0.584. The summed E-state index contributed by atoms with van der Waals surface area (Å²) in [5, 5.41) is 7.77. The van der Waals surface area contributed by atoms with Gasteiger partial charge in [0.05, 0.1) is 0 Å². The van der Waals surface area contributed by atoms with Crippen molar-refractivity contribution in [3.8, 4) is 0 Å². The largest absolute Gasteiger partial charge is 2.00 e. The summed E-state index contributed by atoms with van der Waals surface area (Å²) in [6.07, 6.45) is 0. The fourth-order valence-electron chi connectivity index (χ4n) is 0.423. The summed E-state index contributed by atoms with van der Waals surface area (Å²) in [5.74, 6) is 2.08. The van der Waals surface area contributed by atoms with Crippen molar-refractivity contribution in [2.75, 3.05) is 44.0 Å². The van der Waals surface area contributed by atoms with Gasteiger partial charge in [-0.15, -0.1) is 0 Å². The van der Waals surface area contributed by atoms with Gasteiger partial charge in [-0.3, -0.25) is 0 Å². The van der Waals surface area contributed by atoms with Gasteiger partial charge in [-0.1, -0.05) is 0 Å². The molecule has 1 radical (unpaired) electrons. The molecule has 0 aromatic carbocycles. The predicted molar refractivity (Wildman–Crippen MR) is 62.0 cm³/mol. The maximum atomic E-state index is 7.77. The van der Waals surface area contributed by atoms with Crippen LogP contribution in [0.3, 0.4) is 0 Å². The van der Waals surface area contributed by atoms with Crippen molar-refractivity contribution in [2.24, 2.45) is 0 Å². The standard InChI is InChI=1S/C5H13NS2.C2H6OS.O.Re/c1-6(2-4-7)3-5-8;3-1-2-4;;/h7-8H,2-5H2,1H3;3-4H,1-2H2;;/q;;-2;/p-3. The van der Waals surface area contributed by atoms with E-state index in [2.05, 4.69) is 17.5 Å². The summed E-state index contributed by atoms with van der Waals surface area (Å²) < 4.78 is 0. The molecule has 0 fully saturated rings. The monoisotopic (exact) mass is 429 g/mol. The van der Waals surface area contributed by atoms with Gasteiger partial charge in [0, 0.05) is 27.0 Å². The molecule has 7 heteroatoms. The molecule has 1 N–H and O–H groups in total. The van der Waals surface area contributed by atoms with Gasteiger partial charge in [0.25, 0.3) is 0 Å². The molecule has 0 aliphatic rings. The quantitative estimate of drug-likeness (QED) is 0.594. The molecule has 91 valence electrons. The van der Waals surface area contributed by atoms with E-state index in [0.29, 0.717) is 5.75 Å². The van der Waals surface area contributed by atoms with Crippen LogP contribution in [-0.2, 0) is 63.8 Å². The average molecular weight is 429 g/mol. The Hall–Kier alpha value is 1.59. The van der Waals surface area contributed by atoms with Gasteiger partial charge in [-0.05, 0) is 20.1 Å². The summed E-state index contributed by atoms with van der Waals surface area (Å²) in [5.41, 5.74) is 0. The van der Waals surface area contributed by atoms with Crippen molar-refractivity contribution in [1.82, 2.24) is 4.90 Å². The molecule has 0 aromatic heterocycles. The molecule has 0 saturated heterocycles. The first-order chi connectivity index (χ1) is 5.72.